The molecule has 37 heavy (non-hydrogen) atoms. The number of hydrogen-bond donors (Lipinski definition) is 1. The molecule has 3 rings (SSSR count). The smallest absolute Gasteiger partial charge is 0.268 e. The first-order valence-electron chi connectivity index (χ1n) is 11.5. The topological polar surface area (TPSA) is 103 Å². The van der Waals surface area contributed by atoms with Gasteiger partial charge < -0.3 is 24.3 Å². The van der Waals surface area contributed by atoms with Crippen molar-refractivity contribution >= 4 is 21.6 Å². The highest BCUT2D eigenvalue weighted by molar-refractivity contribution is 7.93. The number of ether oxygens (including phenoxy) is 4. The van der Waals surface area contributed by atoms with E-state index >= 15 is 0 Å². The van der Waals surface area contributed by atoms with Gasteiger partial charge in [0.2, 0.25) is 5.91 Å². The Kier molecular flexibility index (Phi) is 9.24. The van der Waals surface area contributed by atoms with Gasteiger partial charge in [0.1, 0.15) is 22.9 Å². The van der Waals surface area contributed by atoms with E-state index in [1.54, 1.807) is 63.6 Å². The highest BCUT2D eigenvalue weighted by atomic mass is 32.2. The molecular weight excluding hydrogens is 496 g/mol. The predicted molar refractivity (Wildman–Crippen MR) is 142 cm³/mol. The highest BCUT2D eigenvalue weighted by Gasteiger charge is 2.30. The van der Waals surface area contributed by atoms with Crippen molar-refractivity contribution < 1.29 is 32.2 Å². The predicted octanol–water partition coefficient (Wildman–Crippen LogP) is 3.58. The molecular formula is C27H32N2O7S. The summed E-state index contributed by atoms with van der Waals surface area (Å²) in [5, 5.41) is 2.81. The molecule has 0 radical (unpaired) electrons. The summed E-state index contributed by atoms with van der Waals surface area (Å²) in [5.41, 5.74) is 2.00. The van der Waals surface area contributed by atoms with Crippen molar-refractivity contribution in [2.24, 2.45) is 0 Å². The molecule has 0 fully saturated rings. The number of sulfonamides is 1. The monoisotopic (exact) mass is 528 g/mol. The van der Waals surface area contributed by atoms with Gasteiger partial charge in [-0.25, -0.2) is 8.42 Å². The van der Waals surface area contributed by atoms with Crippen LogP contribution in [-0.4, -0.2) is 55.9 Å². The summed E-state index contributed by atoms with van der Waals surface area (Å²) >= 11 is 0. The van der Waals surface area contributed by atoms with Gasteiger partial charge in [-0.1, -0.05) is 12.1 Å². The Bertz CT molecular complexity index is 1330. The van der Waals surface area contributed by atoms with Crippen molar-refractivity contribution in [3.8, 4) is 23.0 Å². The summed E-state index contributed by atoms with van der Waals surface area (Å²) in [6.07, 6.45) is 0.521. The third-order valence-corrected chi connectivity index (χ3v) is 7.51. The van der Waals surface area contributed by atoms with Gasteiger partial charge in [0.15, 0.2) is 11.5 Å². The number of methoxy groups -OCH3 is 4. The Morgan fingerprint density at radius 2 is 1.46 bits per heavy atom. The van der Waals surface area contributed by atoms with Crippen LogP contribution in [0.3, 0.4) is 0 Å². The lowest BCUT2D eigenvalue weighted by Crippen LogP contribution is -2.41. The summed E-state index contributed by atoms with van der Waals surface area (Å²) in [7, 11) is 1.89. The van der Waals surface area contributed by atoms with Crippen molar-refractivity contribution in [1.29, 1.82) is 0 Å². The van der Waals surface area contributed by atoms with E-state index in [1.807, 2.05) is 12.1 Å². The average molecular weight is 529 g/mol. The van der Waals surface area contributed by atoms with Crippen LogP contribution >= 0.6 is 0 Å². The Labute approximate surface area is 218 Å². The summed E-state index contributed by atoms with van der Waals surface area (Å²) in [4.78, 5) is 12.9. The van der Waals surface area contributed by atoms with Gasteiger partial charge in [0, 0.05) is 6.54 Å². The molecule has 1 N–H and O–H groups in total. The minimum atomic E-state index is -4.15. The van der Waals surface area contributed by atoms with E-state index in [9.17, 15) is 13.2 Å². The molecule has 0 aliphatic heterocycles. The molecule has 0 unspecified atom stereocenters. The zero-order valence-electron chi connectivity index (χ0n) is 21.6. The molecule has 0 aliphatic rings. The van der Waals surface area contributed by atoms with E-state index in [-0.39, 0.29) is 10.6 Å². The standard InChI is InChI=1S/C27H32N2O7S/c1-19-6-12-24(35-4)26(16-19)37(31,32)29(21-8-10-22(33-2)11-9-21)18-27(30)28-15-14-20-7-13-23(34-3)25(17-20)36-5/h6-13,16-17H,14-15,18H2,1-5H3,(H,28,30). The van der Waals surface area contributed by atoms with Crippen LogP contribution in [0, 0.1) is 6.92 Å². The van der Waals surface area contributed by atoms with Crippen molar-refractivity contribution in [1.82, 2.24) is 5.32 Å². The number of aryl methyl sites for hydroxylation is 1. The summed E-state index contributed by atoms with van der Waals surface area (Å²) in [5.74, 6) is 1.51. The quantitative estimate of drug-likeness (QED) is 0.383. The maximum Gasteiger partial charge on any atom is 0.268 e. The highest BCUT2D eigenvalue weighted by Crippen LogP contribution is 2.32. The van der Waals surface area contributed by atoms with E-state index in [1.165, 1.54) is 20.3 Å². The fourth-order valence-electron chi connectivity index (χ4n) is 3.74. The van der Waals surface area contributed by atoms with Crippen LogP contribution in [0.4, 0.5) is 5.69 Å². The Morgan fingerprint density at radius 3 is 2.08 bits per heavy atom. The van der Waals surface area contributed by atoms with Gasteiger partial charge in [0.05, 0.1) is 34.1 Å². The second kappa shape index (κ2) is 12.4. The largest absolute Gasteiger partial charge is 0.497 e. The molecule has 0 saturated heterocycles. The Morgan fingerprint density at radius 1 is 0.811 bits per heavy atom. The van der Waals surface area contributed by atoms with E-state index in [4.69, 9.17) is 18.9 Å². The van der Waals surface area contributed by atoms with Gasteiger partial charge in [-0.2, -0.15) is 0 Å². The number of rotatable bonds is 12. The van der Waals surface area contributed by atoms with Gasteiger partial charge in [-0.3, -0.25) is 9.10 Å². The van der Waals surface area contributed by atoms with Crippen LogP contribution < -0.4 is 28.6 Å². The average Bonchev–Trinajstić information content (AvgIpc) is 2.91. The van der Waals surface area contributed by atoms with Crippen LogP contribution in [0.1, 0.15) is 11.1 Å². The lowest BCUT2D eigenvalue weighted by Gasteiger charge is -2.25. The molecule has 0 aliphatic carbocycles. The second-order valence-electron chi connectivity index (χ2n) is 8.15. The number of nitrogens with zero attached hydrogens (tertiary/aromatic N) is 1. The van der Waals surface area contributed by atoms with Gasteiger partial charge in [-0.15, -0.1) is 0 Å². The van der Waals surface area contributed by atoms with Crippen LogP contribution in [0.5, 0.6) is 23.0 Å². The minimum Gasteiger partial charge on any atom is -0.497 e. The maximum absolute atomic E-state index is 13.8. The lowest BCUT2D eigenvalue weighted by molar-refractivity contribution is -0.119. The first-order chi connectivity index (χ1) is 17.7. The van der Waals surface area contributed by atoms with Crippen LogP contribution in [0.25, 0.3) is 0 Å². The molecule has 9 nitrogen and oxygen atoms in total. The van der Waals surface area contributed by atoms with Gasteiger partial charge in [-0.05, 0) is 73.0 Å². The fraction of sp³-hybridized carbons (Fsp3) is 0.296. The molecule has 3 aromatic carbocycles. The van der Waals surface area contributed by atoms with E-state index < -0.39 is 22.5 Å². The zero-order valence-corrected chi connectivity index (χ0v) is 22.4. The number of anilines is 1. The number of hydrogen-bond acceptors (Lipinski definition) is 7. The normalized spacial score (nSPS) is 10.9. The van der Waals surface area contributed by atoms with E-state index in [0.29, 0.717) is 35.9 Å². The molecule has 10 heteroatoms. The van der Waals surface area contributed by atoms with E-state index in [2.05, 4.69) is 5.32 Å². The van der Waals surface area contributed by atoms with Crippen molar-refractivity contribution in [3.63, 3.8) is 0 Å². The third kappa shape index (κ3) is 6.65. The van der Waals surface area contributed by atoms with Gasteiger partial charge in [0.25, 0.3) is 10.0 Å². The third-order valence-electron chi connectivity index (χ3n) is 5.72. The fourth-order valence-corrected chi connectivity index (χ4v) is 5.40. The van der Waals surface area contributed by atoms with Gasteiger partial charge >= 0.3 is 0 Å². The summed E-state index contributed by atoms with van der Waals surface area (Å²) in [6, 6.07) is 16.9. The Balaban J connectivity index is 1.82. The molecule has 0 aromatic heterocycles. The number of carbonyl (C=O) groups excluding carboxylic acids is 1. The van der Waals surface area contributed by atoms with Crippen molar-refractivity contribution in [3.05, 3.63) is 71.8 Å². The molecule has 0 spiro atoms. The number of carbonyl (C=O) groups is 1. The molecule has 3 aromatic rings. The van der Waals surface area contributed by atoms with E-state index in [0.717, 1.165) is 15.4 Å². The van der Waals surface area contributed by atoms with Crippen molar-refractivity contribution in [2.75, 3.05) is 45.8 Å². The maximum atomic E-state index is 13.8. The molecule has 0 saturated carbocycles. The number of benzene rings is 3. The summed E-state index contributed by atoms with van der Waals surface area (Å²) < 4.78 is 49.7. The molecule has 0 atom stereocenters. The van der Waals surface area contributed by atoms with Crippen LogP contribution in [-0.2, 0) is 21.2 Å². The van der Waals surface area contributed by atoms with Crippen LogP contribution in [0.15, 0.2) is 65.6 Å². The number of nitrogens with one attached hydrogen (secondary N) is 1. The SMILES string of the molecule is COc1ccc(N(CC(=O)NCCc2ccc(OC)c(OC)c2)S(=O)(=O)c2cc(C)ccc2OC)cc1. The molecule has 0 bridgehead atoms. The molecule has 1 amide bonds. The van der Waals surface area contributed by atoms with Crippen LogP contribution in [0.2, 0.25) is 0 Å². The zero-order chi connectivity index (χ0) is 27.0. The first kappa shape index (κ1) is 27.7. The number of amides is 1. The molecule has 0 heterocycles. The minimum absolute atomic E-state index is 0.0241. The lowest BCUT2D eigenvalue weighted by atomic mass is 10.1. The second-order valence-corrected chi connectivity index (χ2v) is 9.98. The Hall–Kier alpha value is -3.92. The summed E-state index contributed by atoms with van der Waals surface area (Å²) in [6.45, 7) is 1.67. The first-order valence-corrected chi connectivity index (χ1v) is 13.0. The van der Waals surface area contributed by atoms with Crippen molar-refractivity contribution in [2.45, 2.75) is 18.2 Å². The molecule has 198 valence electrons.